The molecule has 0 bridgehead atoms. The van der Waals surface area contributed by atoms with E-state index in [4.69, 9.17) is 10.5 Å². The van der Waals surface area contributed by atoms with Crippen LogP contribution < -0.4 is 11.1 Å². The molecule has 146 valence electrons. The number of hydrogen-bond acceptors (Lipinski definition) is 3. The summed E-state index contributed by atoms with van der Waals surface area (Å²) in [5.41, 5.74) is 13.6. The molecular weight excluding hydrogens is 360 g/mol. The van der Waals surface area contributed by atoms with Gasteiger partial charge in [0.05, 0.1) is 0 Å². The van der Waals surface area contributed by atoms with Gasteiger partial charge in [-0.05, 0) is 52.4 Å². The van der Waals surface area contributed by atoms with Gasteiger partial charge < -0.3 is 15.8 Å². The van der Waals surface area contributed by atoms with E-state index >= 15 is 0 Å². The molecule has 29 heavy (non-hydrogen) atoms. The second-order valence-corrected chi connectivity index (χ2v) is 7.22. The fraction of sp³-hybridized carbons (Fsp3) is 0.160. The lowest BCUT2D eigenvalue weighted by molar-refractivity contribution is 0.144. The van der Waals surface area contributed by atoms with Crippen molar-refractivity contribution >= 4 is 17.9 Å². The Labute approximate surface area is 171 Å². The number of nitrogen functional groups attached to an aromatic ring is 1. The van der Waals surface area contributed by atoms with Crippen molar-refractivity contribution in [3.63, 3.8) is 0 Å². The molecule has 4 heteroatoms. The monoisotopic (exact) mass is 384 g/mol. The van der Waals surface area contributed by atoms with Crippen LogP contribution in [0, 0.1) is 6.92 Å². The van der Waals surface area contributed by atoms with Crippen LogP contribution in [0.25, 0.3) is 17.2 Å². The molecule has 0 heterocycles. The first-order chi connectivity index (χ1) is 14.1. The van der Waals surface area contributed by atoms with Gasteiger partial charge in [0.25, 0.3) is 0 Å². The van der Waals surface area contributed by atoms with Crippen LogP contribution in [0.2, 0.25) is 0 Å². The van der Waals surface area contributed by atoms with Crippen LogP contribution in [0.15, 0.2) is 72.8 Å². The molecule has 0 aliphatic heterocycles. The van der Waals surface area contributed by atoms with E-state index < -0.39 is 6.09 Å². The number of nitrogens with one attached hydrogen (secondary N) is 1. The molecule has 4 rings (SSSR count). The van der Waals surface area contributed by atoms with Crippen molar-refractivity contribution < 1.29 is 9.53 Å². The summed E-state index contributed by atoms with van der Waals surface area (Å²) in [5.74, 6) is 0.0682. The average molecular weight is 384 g/mol. The maximum Gasteiger partial charge on any atom is 0.407 e. The Bertz CT molecular complexity index is 1030. The normalized spacial score (nSPS) is 12.6. The Morgan fingerprint density at radius 3 is 2.38 bits per heavy atom. The maximum atomic E-state index is 12.2. The van der Waals surface area contributed by atoms with Crippen molar-refractivity contribution in [1.29, 1.82) is 0 Å². The molecule has 1 aliphatic rings. The molecule has 0 unspecified atom stereocenters. The average Bonchev–Trinajstić information content (AvgIpc) is 3.06. The molecule has 3 aromatic carbocycles. The second-order valence-electron chi connectivity index (χ2n) is 7.22. The van der Waals surface area contributed by atoms with E-state index in [-0.39, 0.29) is 5.92 Å². The highest BCUT2D eigenvalue weighted by Crippen LogP contribution is 2.44. The van der Waals surface area contributed by atoms with Crippen LogP contribution in [0.5, 0.6) is 0 Å². The first kappa shape index (κ1) is 18.8. The number of fused-ring (bicyclic) bond motifs is 3. The Morgan fingerprint density at radius 1 is 1.03 bits per heavy atom. The Balaban J connectivity index is 1.34. The van der Waals surface area contributed by atoms with Crippen LogP contribution >= 0.6 is 0 Å². The molecule has 0 radical (unpaired) electrons. The molecule has 3 aromatic rings. The fourth-order valence-corrected chi connectivity index (χ4v) is 3.82. The van der Waals surface area contributed by atoms with Crippen molar-refractivity contribution in [3.8, 4) is 11.1 Å². The van der Waals surface area contributed by atoms with Crippen molar-refractivity contribution in [3.05, 3.63) is 95.1 Å². The number of anilines is 1. The van der Waals surface area contributed by atoms with Crippen molar-refractivity contribution in [2.45, 2.75) is 12.8 Å². The summed E-state index contributed by atoms with van der Waals surface area (Å²) >= 11 is 0. The van der Waals surface area contributed by atoms with Crippen LogP contribution in [0.4, 0.5) is 10.5 Å². The molecule has 0 saturated heterocycles. The molecular formula is C25H24N2O2. The minimum atomic E-state index is -0.416. The van der Waals surface area contributed by atoms with Gasteiger partial charge in [-0.2, -0.15) is 0 Å². The van der Waals surface area contributed by atoms with Crippen molar-refractivity contribution in [2.75, 3.05) is 18.9 Å². The highest BCUT2D eigenvalue weighted by Gasteiger charge is 2.28. The standard InChI is InChI=1S/C25H24N2O2/c1-17-12-13-19(26)15-18(17)7-6-14-27-25(28)29-16-24-22-10-4-2-8-20(22)21-9-3-5-11-23(21)24/h2-13,15,24H,14,16,26H2,1H3,(H,27,28). The largest absolute Gasteiger partial charge is 0.449 e. The molecule has 0 fully saturated rings. The third-order valence-electron chi connectivity index (χ3n) is 5.31. The molecule has 3 N–H and O–H groups in total. The summed E-state index contributed by atoms with van der Waals surface area (Å²) < 4.78 is 5.53. The van der Waals surface area contributed by atoms with Crippen LogP contribution in [0.1, 0.15) is 28.2 Å². The Kier molecular flexibility index (Phi) is 5.34. The SMILES string of the molecule is Cc1ccc(N)cc1C=CCNC(=O)OCC1c2ccccc2-c2ccccc21. The van der Waals surface area contributed by atoms with E-state index in [9.17, 15) is 4.79 Å². The lowest BCUT2D eigenvalue weighted by Crippen LogP contribution is -2.26. The van der Waals surface area contributed by atoms with E-state index in [1.807, 2.05) is 61.5 Å². The molecule has 4 nitrogen and oxygen atoms in total. The number of aryl methyl sites for hydroxylation is 1. The summed E-state index contributed by atoms with van der Waals surface area (Å²) in [5, 5.41) is 2.78. The highest BCUT2D eigenvalue weighted by atomic mass is 16.5. The summed E-state index contributed by atoms with van der Waals surface area (Å²) in [6, 6.07) is 22.4. The van der Waals surface area contributed by atoms with E-state index in [1.54, 1.807) is 0 Å². The van der Waals surface area contributed by atoms with Gasteiger partial charge in [-0.3, -0.25) is 0 Å². The maximum absolute atomic E-state index is 12.2. The summed E-state index contributed by atoms with van der Waals surface area (Å²) in [7, 11) is 0. The third-order valence-corrected chi connectivity index (χ3v) is 5.31. The summed E-state index contributed by atoms with van der Waals surface area (Å²) in [6.45, 7) is 2.74. The third kappa shape index (κ3) is 4.02. The van der Waals surface area contributed by atoms with Gasteiger partial charge in [-0.25, -0.2) is 4.79 Å². The molecule has 1 aliphatic carbocycles. The minimum Gasteiger partial charge on any atom is -0.449 e. The van der Waals surface area contributed by atoms with Crippen LogP contribution in [-0.4, -0.2) is 19.2 Å². The van der Waals surface area contributed by atoms with Gasteiger partial charge in [-0.15, -0.1) is 0 Å². The number of hydrogen-bond donors (Lipinski definition) is 2. The summed E-state index contributed by atoms with van der Waals surface area (Å²) in [4.78, 5) is 12.2. The zero-order valence-electron chi connectivity index (χ0n) is 16.4. The number of benzene rings is 3. The van der Waals surface area contributed by atoms with Gasteiger partial charge in [0.2, 0.25) is 0 Å². The van der Waals surface area contributed by atoms with Crippen LogP contribution in [0.3, 0.4) is 0 Å². The highest BCUT2D eigenvalue weighted by molar-refractivity contribution is 5.79. The van der Waals surface area contributed by atoms with Gasteiger partial charge >= 0.3 is 6.09 Å². The van der Waals surface area contributed by atoms with Gasteiger partial charge in [0, 0.05) is 18.2 Å². The smallest absolute Gasteiger partial charge is 0.407 e. The first-order valence-corrected chi connectivity index (χ1v) is 9.75. The van der Waals surface area contributed by atoms with Gasteiger partial charge in [0.15, 0.2) is 0 Å². The summed E-state index contributed by atoms with van der Waals surface area (Å²) in [6.07, 6.45) is 3.43. The Morgan fingerprint density at radius 2 is 1.69 bits per heavy atom. The lowest BCUT2D eigenvalue weighted by atomic mass is 9.98. The molecule has 0 spiro atoms. The van der Waals surface area contributed by atoms with Gasteiger partial charge in [-0.1, -0.05) is 66.7 Å². The second kappa shape index (κ2) is 8.23. The molecule has 1 amide bonds. The van der Waals surface area contributed by atoms with Crippen molar-refractivity contribution in [2.24, 2.45) is 0 Å². The molecule has 0 aromatic heterocycles. The van der Waals surface area contributed by atoms with E-state index in [0.717, 1.165) is 16.8 Å². The number of amides is 1. The quantitative estimate of drug-likeness (QED) is 0.600. The molecule has 0 saturated carbocycles. The number of carbonyl (C=O) groups excluding carboxylic acids is 1. The Hall–Kier alpha value is -3.53. The number of carbonyl (C=O) groups is 1. The number of nitrogens with two attached hydrogens (primary N) is 1. The zero-order chi connectivity index (χ0) is 20.2. The predicted octanol–water partition coefficient (Wildman–Crippen LogP) is 5.13. The molecule has 0 atom stereocenters. The van der Waals surface area contributed by atoms with Crippen molar-refractivity contribution in [1.82, 2.24) is 5.32 Å². The van der Waals surface area contributed by atoms with E-state index in [0.29, 0.717) is 13.2 Å². The number of rotatable bonds is 5. The minimum absolute atomic E-state index is 0.0682. The number of alkyl carbamates (subject to hydrolysis) is 1. The zero-order valence-corrected chi connectivity index (χ0v) is 16.4. The van der Waals surface area contributed by atoms with E-state index in [2.05, 4.69) is 29.6 Å². The van der Waals surface area contributed by atoms with E-state index in [1.165, 1.54) is 22.3 Å². The number of ether oxygens (including phenoxy) is 1. The first-order valence-electron chi connectivity index (χ1n) is 9.75. The predicted molar refractivity (Wildman–Crippen MR) is 118 cm³/mol. The topological polar surface area (TPSA) is 64.3 Å². The van der Waals surface area contributed by atoms with Crippen LogP contribution in [-0.2, 0) is 4.74 Å². The fourth-order valence-electron chi connectivity index (χ4n) is 3.82. The lowest BCUT2D eigenvalue weighted by Gasteiger charge is -2.14. The van der Waals surface area contributed by atoms with Gasteiger partial charge in [0.1, 0.15) is 6.61 Å².